The summed E-state index contributed by atoms with van der Waals surface area (Å²) in [6, 6.07) is 24.7. The van der Waals surface area contributed by atoms with Crippen molar-refractivity contribution in [3.8, 4) is 39.4 Å². The van der Waals surface area contributed by atoms with E-state index in [0.717, 1.165) is 46.5 Å². The lowest BCUT2D eigenvalue weighted by atomic mass is 9.99. The molecule has 0 atom stereocenters. The molecule has 0 radical (unpaired) electrons. The average molecular weight is 442 g/mol. The van der Waals surface area contributed by atoms with Crippen LogP contribution in [0.15, 0.2) is 72.8 Å². The molecular formula is C26H27N5O2. The van der Waals surface area contributed by atoms with Crippen LogP contribution in [-0.2, 0) is 4.79 Å². The monoisotopic (exact) mass is 441 g/mol. The Hall–Kier alpha value is -4.00. The number of hydrogen-bond donors (Lipinski definition) is 2. The van der Waals surface area contributed by atoms with Crippen LogP contribution in [0.3, 0.4) is 0 Å². The zero-order chi connectivity index (χ0) is 22.9. The first-order chi connectivity index (χ1) is 16.2. The molecule has 4 aromatic rings. The van der Waals surface area contributed by atoms with Crippen LogP contribution in [0.2, 0.25) is 0 Å². The largest absolute Gasteiger partial charge is 0.494 e. The molecule has 1 amide bonds. The van der Waals surface area contributed by atoms with Gasteiger partial charge < -0.3 is 10.1 Å². The van der Waals surface area contributed by atoms with E-state index in [1.807, 2.05) is 31.2 Å². The minimum absolute atomic E-state index is 0.0855. The number of aromatic amines is 1. The Balaban J connectivity index is 1.31. The van der Waals surface area contributed by atoms with Crippen LogP contribution in [0, 0.1) is 0 Å². The van der Waals surface area contributed by atoms with E-state index >= 15 is 0 Å². The number of carbonyl (C=O) groups excluding carboxylic acids is 1. The summed E-state index contributed by atoms with van der Waals surface area (Å²) < 4.78 is 5.77. The molecule has 0 aliphatic heterocycles. The van der Waals surface area contributed by atoms with Crippen molar-refractivity contribution in [2.75, 3.05) is 13.2 Å². The van der Waals surface area contributed by atoms with Gasteiger partial charge in [0.1, 0.15) is 5.75 Å². The van der Waals surface area contributed by atoms with Crippen molar-refractivity contribution in [3.63, 3.8) is 0 Å². The molecule has 0 saturated heterocycles. The lowest BCUT2D eigenvalue weighted by molar-refractivity contribution is -0.121. The standard InChI is InChI=1S/C26H27N5O2/c1-2-17-27-25(32)4-3-18-33-24-15-13-22(14-16-24)20-7-5-19(6-8-20)21-9-11-23(12-10-21)26-28-30-31-29-26/h5-16H,2-4,17-18H2,1H3,(H,27,32)(H,28,29,30,31). The van der Waals surface area contributed by atoms with Crippen LogP contribution in [0.5, 0.6) is 5.75 Å². The maximum absolute atomic E-state index is 11.6. The van der Waals surface area contributed by atoms with Gasteiger partial charge in [0.25, 0.3) is 0 Å². The molecule has 33 heavy (non-hydrogen) atoms. The molecule has 0 spiro atoms. The Kier molecular flexibility index (Phi) is 7.43. The van der Waals surface area contributed by atoms with Gasteiger partial charge in [-0.2, -0.15) is 0 Å². The van der Waals surface area contributed by atoms with Gasteiger partial charge in [0.2, 0.25) is 5.91 Å². The molecule has 2 N–H and O–H groups in total. The van der Waals surface area contributed by atoms with Crippen molar-refractivity contribution in [2.45, 2.75) is 26.2 Å². The predicted octanol–water partition coefficient (Wildman–Crippen LogP) is 4.89. The van der Waals surface area contributed by atoms with Crippen molar-refractivity contribution in [1.29, 1.82) is 0 Å². The number of hydrogen-bond acceptors (Lipinski definition) is 5. The Morgan fingerprint density at radius 3 is 1.91 bits per heavy atom. The lowest BCUT2D eigenvalue weighted by Crippen LogP contribution is -2.24. The molecule has 1 aromatic heterocycles. The summed E-state index contributed by atoms with van der Waals surface area (Å²) in [6.45, 7) is 3.30. The van der Waals surface area contributed by atoms with Crippen LogP contribution < -0.4 is 10.1 Å². The number of amides is 1. The molecule has 7 nitrogen and oxygen atoms in total. The minimum atomic E-state index is 0.0855. The maximum atomic E-state index is 11.6. The molecule has 0 aliphatic rings. The molecular weight excluding hydrogens is 414 g/mol. The average Bonchev–Trinajstić information content (AvgIpc) is 3.41. The SMILES string of the molecule is CCCNC(=O)CCCOc1ccc(-c2ccc(-c3ccc(-c4nnn[nH]4)cc3)cc2)cc1. The smallest absolute Gasteiger partial charge is 0.220 e. The number of ether oxygens (including phenoxy) is 1. The summed E-state index contributed by atoms with van der Waals surface area (Å²) in [5.41, 5.74) is 5.49. The number of tetrazole rings is 1. The molecule has 0 bridgehead atoms. The predicted molar refractivity (Wildman–Crippen MR) is 129 cm³/mol. The zero-order valence-electron chi connectivity index (χ0n) is 18.6. The second kappa shape index (κ2) is 11.0. The van der Waals surface area contributed by atoms with E-state index in [4.69, 9.17) is 4.74 Å². The molecule has 0 saturated carbocycles. The highest BCUT2D eigenvalue weighted by molar-refractivity contribution is 5.75. The van der Waals surface area contributed by atoms with Gasteiger partial charge in [-0.3, -0.25) is 4.79 Å². The molecule has 1 heterocycles. The van der Waals surface area contributed by atoms with Gasteiger partial charge in [-0.15, -0.1) is 5.10 Å². The Morgan fingerprint density at radius 1 is 0.848 bits per heavy atom. The first-order valence-corrected chi connectivity index (χ1v) is 11.2. The third-order valence-electron chi connectivity index (χ3n) is 5.30. The summed E-state index contributed by atoms with van der Waals surface area (Å²) in [7, 11) is 0. The summed E-state index contributed by atoms with van der Waals surface area (Å²) >= 11 is 0. The quantitative estimate of drug-likeness (QED) is 0.342. The maximum Gasteiger partial charge on any atom is 0.220 e. The van der Waals surface area contributed by atoms with Gasteiger partial charge in [0, 0.05) is 18.5 Å². The topological polar surface area (TPSA) is 92.8 Å². The third-order valence-corrected chi connectivity index (χ3v) is 5.30. The molecule has 3 aromatic carbocycles. The summed E-state index contributed by atoms with van der Waals surface area (Å²) in [4.78, 5) is 11.6. The highest BCUT2D eigenvalue weighted by Gasteiger charge is 2.05. The normalized spacial score (nSPS) is 10.7. The number of nitrogens with zero attached hydrogens (tertiary/aromatic N) is 3. The van der Waals surface area contributed by atoms with E-state index in [1.165, 1.54) is 0 Å². The van der Waals surface area contributed by atoms with Crippen LogP contribution in [0.25, 0.3) is 33.6 Å². The second-order valence-electron chi connectivity index (χ2n) is 7.73. The third kappa shape index (κ3) is 6.04. The zero-order valence-corrected chi connectivity index (χ0v) is 18.6. The van der Waals surface area contributed by atoms with Crippen LogP contribution >= 0.6 is 0 Å². The molecule has 168 valence electrons. The summed E-state index contributed by atoms with van der Waals surface area (Å²) in [6.07, 6.45) is 2.15. The molecule has 0 fully saturated rings. The first-order valence-electron chi connectivity index (χ1n) is 11.2. The highest BCUT2D eigenvalue weighted by atomic mass is 16.5. The molecule has 0 aliphatic carbocycles. The van der Waals surface area contributed by atoms with Gasteiger partial charge in [-0.05, 0) is 57.7 Å². The van der Waals surface area contributed by atoms with Crippen molar-refractivity contribution in [2.24, 2.45) is 0 Å². The number of rotatable bonds is 10. The Bertz CT molecular complexity index is 1140. The lowest BCUT2D eigenvalue weighted by Gasteiger charge is -2.09. The fraction of sp³-hybridized carbons (Fsp3) is 0.231. The highest BCUT2D eigenvalue weighted by Crippen LogP contribution is 2.27. The van der Waals surface area contributed by atoms with Crippen molar-refractivity contribution in [3.05, 3.63) is 72.8 Å². The molecule has 7 heteroatoms. The summed E-state index contributed by atoms with van der Waals surface area (Å²) in [5.74, 6) is 1.55. The van der Waals surface area contributed by atoms with Crippen molar-refractivity contribution in [1.82, 2.24) is 25.9 Å². The van der Waals surface area contributed by atoms with Gasteiger partial charge in [-0.1, -0.05) is 67.6 Å². The first kappa shape index (κ1) is 22.2. The van der Waals surface area contributed by atoms with E-state index in [-0.39, 0.29) is 5.91 Å². The van der Waals surface area contributed by atoms with Gasteiger partial charge in [-0.25, -0.2) is 5.10 Å². The number of H-pyrrole nitrogens is 1. The van der Waals surface area contributed by atoms with Gasteiger partial charge >= 0.3 is 0 Å². The minimum Gasteiger partial charge on any atom is -0.494 e. The van der Waals surface area contributed by atoms with Crippen LogP contribution in [0.4, 0.5) is 0 Å². The Labute approximate surface area is 193 Å². The van der Waals surface area contributed by atoms with Gasteiger partial charge in [0.15, 0.2) is 5.82 Å². The van der Waals surface area contributed by atoms with E-state index in [1.54, 1.807) is 0 Å². The molecule has 4 rings (SSSR count). The number of aromatic nitrogens is 4. The van der Waals surface area contributed by atoms with E-state index in [2.05, 4.69) is 74.5 Å². The molecule has 0 unspecified atom stereocenters. The van der Waals surface area contributed by atoms with Crippen molar-refractivity contribution >= 4 is 5.91 Å². The number of benzene rings is 3. The van der Waals surface area contributed by atoms with Crippen molar-refractivity contribution < 1.29 is 9.53 Å². The number of nitrogens with one attached hydrogen (secondary N) is 2. The fourth-order valence-corrected chi connectivity index (χ4v) is 3.48. The summed E-state index contributed by atoms with van der Waals surface area (Å²) in [5, 5.41) is 16.8. The van der Waals surface area contributed by atoms with E-state index in [0.29, 0.717) is 25.3 Å². The van der Waals surface area contributed by atoms with E-state index < -0.39 is 0 Å². The van der Waals surface area contributed by atoms with Crippen LogP contribution in [-0.4, -0.2) is 39.7 Å². The number of carbonyl (C=O) groups is 1. The van der Waals surface area contributed by atoms with Crippen LogP contribution in [0.1, 0.15) is 26.2 Å². The van der Waals surface area contributed by atoms with E-state index in [9.17, 15) is 4.79 Å². The fourth-order valence-electron chi connectivity index (χ4n) is 3.48. The second-order valence-corrected chi connectivity index (χ2v) is 7.73. The van der Waals surface area contributed by atoms with Gasteiger partial charge in [0.05, 0.1) is 6.61 Å². The Morgan fingerprint density at radius 2 is 1.39 bits per heavy atom.